The Morgan fingerprint density at radius 2 is 1.71 bits per heavy atom. The van der Waals surface area contributed by atoms with Crippen LogP contribution >= 0.6 is 0 Å². The van der Waals surface area contributed by atoms with E-state index >= 15 is 0 Å². The predicted molar refractivity (Wildman–Crippen MR) is 73.5 cm³/mol. The van der Waals surface area contributed by atoms with Crippen molar-refractivity contribution in [1.29, 1.82) is 0 Å². The van der Waals surface area contributed by atoms with Gasteiger partial charge in [0.05, 0.1) is 5.60 Å². The number of benzene rings is 2. The van der Waals surface area contributed by atoms with Crippen molar-refractivity contribution in [3.63, 3.8) is 0 Å². The Balaban J connectivity index is 2.71. The van der Waals surface area contributed by atoms with Gasteiger partial charge in [-0.1, -0.05) is 42.4 Å². The minimum absolute atomic E-state index is 0.800. The highest BCUT2D eigenvalue weighted by atomic mass is 28.1. The predicted octanol–water partition coefficient (Wildman–Crippen LogP) is 3.20. The van der Waals surface area contributed by atoms with Crippen molar-refractivity contribution in [2.45, 2.75) is 31.9 Å². The highest BCUT2D eigenvalue weighted by molar-refractivity contribution is 6.08. The van der Waals surface area contributed by atoms with E-state index in [1.54, 1.807) is 0 Å². The third-order valence-corrected chi connectivity index (χ3v) is 3.32. The van der Waals surface area contributed by atoms with Crippen LogP contribution < -0.4 is 0 Å². The zero-order valence-electron chi connectivity index (χ0n) is 10.3. The summed E-state index contributed by atoms with van der Waals surface area (Å²) in [7, 11) is 3.53. The number of aryl methyl sites for hydroxylation is 1. The molecule has 17 heavy (non-hydrogen) atoms. The maximum absolute atomic E-state index is 10.2. The van der Waals surface area contributed by atoms with Gasteiger partial charge >= 0.3 is 0 Å². The fraction of sp³-hybridized carbons (Fsp3) is 0.333. The van der Waals surface area contributed by atoms with Gasteiger partial charge in [-0.2, -0.15) is 0 Å². The summed E-state index contributed by atoms with van der Waals surface area (Å²) in [6.07, 6.45) is 1.00. The second kappa shape index (κ2) is 4.63. The molecule has 0 fully saturated rings. The van der Waals surface area contributed by atoms with Crippen molar-refractivity contribution >= 4 is 21.0 Å². The lowest BCUT2D eigenvalue weighted by atomic mass is 9.90. The average Bonchev–Trinajstić information content (AvgIpc) is 2.28. The van der Waals surface area contributed by atoms with Gasteiger partial charge in [0.15, 0.2) is 0 Å². The van der Waals surface area contributed by atoms with Crippen LogP contribution in [0.4, 0.5) is 0 Å². The van der Waals surface area contributed by atoms with E-state index < -0.39 is 5.60 Å². The minimum Gasteiger partial charge on any atom is -0.386 e. The first-order chi connectivity index (χ1) is 8.04. The van der Waals surface area contributed by atoms with Gasteiger partial charge in [0, 0.05) is 10.2 Å². The molecule has 2 aromatic rings. The summed E-state index contributed by atoms with van der Waals surface area (Å²) in [6.45, 7) is 3.66. The quantitative estimate of drug-likeness (QED) is 0.818. The van der Waals surface area contributed by atoms with Crippen LogP contribution in [0.3, 0.4) is 0 Å². The molecule has 0 aliphatic rings. The second-order valence-electron chi connectivity index (χ2n) is 4.88. The summed E-state index contributed by atoms with van der Waals surface area (Å²) in [5.74, 6) is 0. The summed E-state index contributed by atoms with van der Waals surface area (Å²) >= 11 is 0. The van der Waals surface area contributed by atoms with E-state index in [1.165, 1.54) is 10.9 Å². The molecule has 0 aliphatic carbocycles. The third kappa shape index (κ3) is 2.43. The molecule has 87 valence electrons. The zero-order chi connectivity index (χ0) is 12.5. The van der Waals surface area contributed by atoms with Gasteiger partial charge in [0.1, 0.15) is 0 Å². The molecule has 0 bridgehead atoms. The summed E-state index contributed by atoms with van der Waals surface area (Å²) in [5.41, 5.74) is 1.51. The Bertz CT molecular complexity index is 526. The standard InChI is InChI=1S/C15H17OSi/c1-15(2,16)14-8-7-11(9-10-17)12-5-3-4-6-13(12)14/h3-8,16H,9-10H2,1-2H3. The topological polar surface area (TPSA) is 20.2 Å². The van der Waals surface area contributed by atoms with E-state index in [1.807, 2.05) is 32.0 Å². The van der Waals surface area contributed by atoms with E-state index in [2.05, 4.69) is 28.4 Å². The molecular weight excluding hydrogens is 224 g/mol. The Morgan fingerprint density at radius 3 is 2.29 bits per heavy atom. The number of hydrogen-bond donors (Lipinski definition) is 1. The van der Waals surface area contributed by atoms with Crippen molar-refractivity contribution in [3.8, 4) is 0 Å². The molecule has 2 rings (SSSR count). The van der Waals surface area contributed by atoms with Gasteiger partial charge in [0.25, 0.3) is 0 Å². The number of fused-ring (bicyclic) bond motifs is 1. The zero-order valence-corrected chi connectivity index (χ0v) is 11.3. The Hall–Kier alpha value is -1.12. The Kier molecular flexibility index (Phi) is 3.36. The third-order valence-electron chi connectivity index (χ3n) is 3.07. The molecule has 2 aromatic carbocycles. The molecule has 0 heterocycles. The molecule has 0 atom stereocenters. The van der Waals surface area contributed by atoms with Gasteiger partial charge in [0.2, 0.25) is 0 Å². The summed E-state index contributed by atoms with van der Waals surface area (Å²) < 4.78 is 0. The maximum Gasteiger partial charge on any atom is 0.0846 e. The van der Waals surface area contributed by atoms with Crippen molar-refractivity contribution < 1.29 is 5.11 Å². The molecule has 0 aromatic heterocycles. The first-order valence-corrected chi connectivity index (χ1v) is 6.63. The molecule has 0 aliphatic heterocycles. The summed E-state index contributed by atoms with van der Waals surface area (Å²) in [4.78, 5) is 0. The molecule has 0 spiro atoms. The SMILES string of the molecule is CC(C)(O)c1ccc(CC[Si])c2ccccc12. The van der Waals surface area contributed by atoms with Crippen molar-refractivity contribution in [3.05, 3.63) is 47.5 Å². The fourth-order valence-electron chi connectivity index (χ4n) is 2.25. The normalized spacial score (nSPS) is 12.0. The number of aliphatic hydroxyl groups is 1. The highest BCUT2D eigenvalue weighted by Crippen LogP contribution is 2.30. The second-order valence-corrected chi connectivity index (χ2v) is 5.38. The van der Waals surface area contributed by atoms with E-state index in [-0.39, 0.29) is 0 Å². The first kappa shape index (κ1) is 12.3. The smallest absolute Gasteiger partial charge is 0.0846 e. The van der Waals surface area contributed by atoms with E-state index in [0.717, 1.165) is 23.4 Å². The fourth-order valence-corrected chi connectivity index (χ4v) is 2.52. The van der Waals surface area contributed by atoms with Crippen LogP contribution in [0.2, 0.25) is 6.04 Å². The van der Waals surface area contributed by atoms with Gasteiger partial charge in [-0.05, 0) is 42.2 Å². The molecule has 0 amide bonds. The molecule has 2 heteroatoms. The Labute approximate surface area is 106 Å². The lowest BCUT2D eigenvalue weighted by molar-refractivity contribution is 0.0802. The van der Waals surface area contributed by atoms with Crippen LogP contribution in [-0.2, 0) is 12.0 Å². The molecular formula is C15H17OSi. The van der Waals surface area contributed by atoms with E-state index in [0.29, 0.717) is 0 Å². The number of hydrogen-bond acceptors (Lipinski definition) is 1. The monoisotopic (exact) mass is 241 g/mol. The van der Waals surface area contributed by atoms with Gasteiger partial charge in [-0.15, -0.1) is 0 Å². The Morgan fingerprint density at radius 1 is 1.06 bits per heavy atom. The minimum atomic E-state index is -0.800. The highest BCUT2D eigenvalue weighted by Gasteiger charge is 2.19. The van der Waals surface area contributed by atoms with Gasteiger partial charge in [-0.3, -0.25) is 0 Å². The van der Waals surface area contributed by atoms with Crippen LogP contribution in [0.25, 0.3) is 10.8 Å². The first-order valence-electron chi connectivity index (χ1n) is 5.92. The van der Waals surface area contributed by atoms with Gasteiger partial charge in [-0.25, -0.2) is 0 Å². The largest absolute Gasteiger partial charge is 0.386 e. The lowest BCUT2D eigenvalue weighted by Crippen LogP contribution is -2.16. The molecule has 0 saturated heterocycles. The maximum atomic E-state index is 10.2. The molecule has 1 N–H and O–H groups in total. The van der Waals surface area contributed by atoms with Crippen LogP contribution in [0.15, 0.2) is 36.4 Å². The molecule has 0 unspecified atom stereocenters. The van der Waals surface area contributed by atoms with Crippen LogP contribution in [0.1, 0.15) is 25.0 Å². The van der Waals surface area contributed by atoms with Gasteiger partial charge < -0.3 is 5.11 Å². The summed E-state index contributed by atoms with van der Waals surface area (Å²) in [6, 6.07) is 13.4. The van der Waals surface area contributed by atoms with E-state index in [4.69, 9.17) is 0 Å². The van der Waals surface area contributed by atoms with Crippen molar-refractivity contribution in [2.75, 3.05) is 0 Å². The molecule has 0 saturated carbocycles. The molecule has 1 nitrogen and oxygen atoms in total. The average molecular weight is 241 g/mol. The molecule has 3 radical (unpaired) electrons. The summed E-state index contributed by atoms with van der Waals surface area (Å²) in [5, 5.41) is 12.6. The lowest BCUT2D eigenvalue weighted by Gasteiger charge is -2.21. The van der Waals surface area contributed by atoms with Crippen molar-refractivity contribution in [2.24, 2.45) is 0 Å². The number of rotatable bonds is 3. The van der Waals surface area contributed by atoms with Crippen LogP contribution in [0.5, 0.6) is 0 Å². The van der Waals surface area contributed by atoms with Crippen LogP contribution in [-0.4, -0.2) is 15.3 Å². The van der Waals surface area contributed by atoms with E-state index in [9.17, 15) is 5.11 Å². The van der Waals surface area contributed by atoms with Crippen molar-refractivity contribution in [1.82, 2.24) is 0 Å². The van der Waals surface area contributed by atoms with Crippen LogP contribution in [0, 0.1) is 0 Å².